The normalized spacial score (nSPS) is 12.4. The van der Waals surface area contributed by atoms with Gasteiger partial charge in [0.25, 0.3) is 0 Å². The van der Waals surface area contributed by atoms with Gasteiger partial charge in [0, 0.05) is 0 Å². The van der Waals surface area contributed by atoms with Gasteiger partial charge in [-0.15, -0.1) is 0 Å². The zero-order valence-corrected chi connectivity index (χ0v) is 11.4. The van der Waals surface area contributed by atoms with E-state index in [1.54, 1.807) is 38.1 Å². The fourth-order valence-electron chi connectivity index (χ4n) is 1.27. The molecule has 0 unspecified atom stereocenters. The van der Waals surface area contributed by atoms with Gasteiger partial charge in [0.2, 0.25) is 10.0 Å². The van der Waals surface area contributed by atoms with E-state index in [0.717, 1.165) is 5.56 Å². The van der Waals surface area contributed by atoms with Crippen LogP contribution in [0.4, 0.5) is 0 Å². The highest BCUT2D eigenvalue weighted by Gasteiger charge is 2.27. The Kier molecular flexibility index (Phi) is 4.24. The van der Waals surface area contributed by atoms with Crippen LogP contribution in [0.2, 0.25) is 0 Å². The van der Waals surface area contributed by atoms with Gasteiger partial charge in [0.05, 0.1) is 16.3 Å². The highest BCUT2D eigenvalue weighted by Crippen LogP contribution is 2.09. The van der Waals surface area contributed by atoms with Gasteiger partial charge in [-0.2, -0.15) is 0 Å². The highest BCUT2D eigenvalue weighted by molar-refractivity contribution is 7.88. The summed E-state index contributed by atoms with van der Waals surface area (Å²) in [6.07, 6.45) is 0. The van der Waals surface area contributed by atoms with Gasteiger partial charge < -0.3 is 5.73 Å². The minimum Gasteiger partial charge on any atom is -0.392 e. The summed E-state index contributed by atoms with van der Waals surface area (Å²) in [5.74, 6) is -0.0834. The first-order valence-corrected chi connectivity index (χ1v) is 7.14. The lowest BCUT2D eigenvalue weighted by molar-refractivity contribution is 0.545. The second-order valence-corrected chi connectivity index (χ2v) is 6.50. The van der Waals surface area contributed by atoms with E-state index in [2.05, 4.69) is 4.72 Å². The molecule has 1 aromatic carbocycles. The van der Waals surface area contributed by atoms with Crippen LogP contribution in [0.25, 0.3) is 0 Å². The molecule has 1 aromatic rings. The first-order valence-electron chi connectivity index (χ1n) is 5.08. The smallest absolute Gasteiger partial charge is 0.216 e. The second kappa shape index (κ2) is 5.12. The van der Waals surface area contributed by atoms with E-state index in [1.807, 2.05) is 6.07 Å². The minimum atomic E-state index is -3.45. The van der Waals surface area contributed by atoms with E-state index >= 15 is 0 Å². The number of thiocarbonyl (C=S) groups is 1. The van der Waals surface area contributed by atoms with Crippen LogP contribution in [0.5, 0.6) is 0 Å². The molecule has 3 N–H and O–H groups in total. The zero-order chi connectivity index (χ0) is 13.1. The first-order chi connectivity index (χ1) is 7.73. The van der Waals surface area contributed by atoms with Crippen LogP contribution in [-0.4, -0.2) is 18.9 Å². The van der Waals surface area contributed by atoms with Crippen LogP contribution in [0.15, 0.2) is 30.3 Å². The molecule has 0 bridgehead atoms. The molecule has 0 aromatic heterocycles. The highest BCUT2D eigenvalue weighted by atomic mass is 32.2. The largest absolute Gasteiger partial charge is 0.392 e. The monoisotopic (exact) mass is 272 g/mol. The molecule has 4 nitrogen and oxygen atoms in total. The SMILES string of the molecule is CC(C)(NS(=O)(=O)Cc1ccccc1)C(N)=S. The lowest BCUT2D eigenvalue weighted by atomic mass is 10.1. The summed E-state index contributed by atoms with van der Waals surface area (Å²) in [6.45, 7) is 3.27. The van der Waals surface area contributed by atoms with Crippen LogP contribution in [-0.2, 0) is 15.8 Å². The van der Waals surface area contributed by atoms with Crippen molar-refractivity contribution in [3.63, 3.8) is 0 Å². The van der Waals surface area contributed by atoms with Gasteiger partial charge in [-0.3, -0.25) is 0 Å². The minimum absolute atomic E-state index is 0.0834. The molecule has 6 heteroatoms. The lowest BCUT2D eigenvalue weighted by Crippen LogP contribution is -2.52. The topological polar surface area (TPSA) is 72.2 Å². The molecule has 0 atom stereocenters. The number of nitrogens with one attached hydrogen (secondary N) is 1. The first kappa shape index (κ1) is 14.1. The Morgan fingerprint density at radius 2 is 1.88 bits per heavy atom. The molecule has 0 radical (unpaired) electrons. The zero-order valence-electron chi connectivity index (χ0n) is 9.80. The Balaban J connectivity index is 2.81. The Morgan fingerprint density at radius 3 is 2.35 bits per heavy atom. The summed E-state index contributed by atoms with van der Waals surface area (Å²) in [7, 11) is -3.45. The van der Waals surface area contributed by atoms with Crippen molar-refractivity contribution in [1.29, 1.82) is 0 Å². The van der Waals surface area contributed by atoms with Crippen LogP contribution in [0.3, 0.4) is 0 Å². The molecule has 0 aliphatic carbocycles. The number of hydrogen-bond donors (Lipinski definition) is 2. The van der Waals surface area contributed by atoms with Gasteiger partial charge in [-0.25, -0.2) is 13.1 Å². The van der Waals surface area contributed by atoms with Crippen LogP contribution < -0.4 is 10.5 Å². The summed E-state index contributed by atoms with van der Waals surface area (Å²) >= 11 is 4.82. The molecule has 0 aliphatic rings. The van der Waals surface area contributed by atoms with E-state index < -0.39 is 15.6 Å². The van der Waals surface area contributed by atoms with Crippen molar-refractivity contribution in [3.8, 4) is 0 Å². The van der Waals surface area contributed by atoms with E-state index in [1.165, 1.54) is 0 Å². The summed E-state index contributed by atoms with van der Waals surface area (Å²) in [4.78, 5) is 0.120. The van der Waals surface area contributed by atoms with E-state index in [4.69, 9.17) is 18.0 Å². The Labute approximate surface area is 107 Å². The molecule has 0 saturated heterocycles. The second-order valence-electron chi connectivity index (χ2n) is 4.34. The molecule has 0 heterocycles. The molecule has 0 fully saturated rings. The standard InChI is InChI=1S/C11H16N2O2S2/c1-11(2,10(12)16)13-17(14,15)8-9-6-4-3-5-7-9/h3-7,13H,8H2,1-2H3,(H2,12,16). The van der Waals surface area contributed by atoms with Crippen molar-refractivity contribution in [2.75, 3.05) is 0 Å². The third-order valence-electron chi connectivity index (χ3n) is 2.23. The summed E-state index contributed by atoms with van der Waals surface area (Å²) < 4.78 is 26.3. The third-order valence-corrected chi connectivity index (χ3v) is 4.27. The van der Waals surface area contributed by atoms with Crippen molar-refractivity contribution >= 4 is 27.2 Å². The average Bonchev–Trinajstić information content (AvgIpc) is 2.16. The molecule has 0 saturated carbocycles. The summed E-state index contributed by atoms with van der Waals surface area (Å²) in [6, 6.07) is 8.94. The Morgan fingerprint density at radius 1 is 1.35 bits per heavy atom. The fraction of sp³-hybridized carbons (Fsp3) is 0.364. The maximum Gasteiger partial charge on any atom is 0.216 e. The lowest BCUT2D eigenvalue weighted by Gasteiger charge is -2.24. The van der Waals surface area contributed by atoms with Gasteiger partial charge in [0.15, 0.2) is 0 Å². The number of nitrogens with two attached hydrogens (primary N) is 1. The van der Waals surface area contributed by atoms with Crippen LogP contribution in [0, 0.1) is 0 Å². The molecule has 0 aliphatic heterocycles. The van der Waals surface area contributed by atoms with E-state index in [0.29, 0.717) is 0 Å². The molecular weight excluding hydrogens is 256 g/mol. The van der Waals surface area contributed by atoms with E-state index in [-0.39, 0.29) is 10.7 Å². The van der Waals surface area contributed by atoms with Crippen molar-refractivity contribution in [2.24, 2.45) is 5.73 Å². The molecule has 94 valence electrons. The molecule has 17 heavy (non-hydrogen) atoms. The maximum atomic E-state index is 11.9. The third kappa shape index (κ3) is 4.41. The van der Waals surface area contributed by atoms with Crippen molar-refractivity contribution in [2.45, 2.75) is 25.1 Å². The molecular formula is C11H16N2O2S2. The summed E-state index contributed by atoms with van der Waals surface area (Å²) in [5.41, 5.74) is 5.28. The van der Waals surface area contributed by atoms with Crippen molar-refractivity contribution in [3.05, 3.63) is 35.9 Å². The van der Waals surface area contributed by atoms with Crippen molar-refractivity contribution in [1.82, 2.24) is 4.72 Å². The number of benzene rings is 1. The number of sulfonamides is 1. The Bertz CT molecular complexity index is 495. The van der Waals surface area contributed by atoms with Crippen LogP contribution in [0.1, 0.15) is 19.4 Å². The fourth-order valence-corrected chi connectivity index (χ4v) is 2.98. The van der Waals surface area contributed by atoms with Gasteiger partial charge in [-0.05, 0) is 19.4 Å². The quantitative estimate of drug-likeness (QED) is 0.789. The van der Waals surface area contributed by atoms with Gasteiger partial charge in [0.1, 0.15) is 0 Å². The Hall–Kier alpha value is -0.980. The predicted octanol–water partition coefficient (Wildman–Crippen LogP) is 1.17. The molecule has 1 rings (SSSR count). The van der Waals surface area contributed by atoms with Crippen LogP contribution >= 0.6 is 12.2 Å². The maximum absolute atomic E-state index is 11.9. The molecule has 0 spiro atoms. The number of rotatable bonds is 5. The van der Waals surface area contributed by atoms with Gasteiger partial charge >= 0.3 is 0 Å². The molecule has 0 amide bonds. The predicted molar refractivity (Wildman–Crippen MR) is 73.1 cm³/mol. The summed E-state index contributed by atoms with van der Waals surface area (Å²) in [5, 5.41) is 0. The van der Waals surface area contributed by atoms with Crippen molar-refractivity contribution < 1.29 is 8.42 Å². The van der Waals surface area contributed by atoms with E-state index in [9.17, 15) is 8.42 Å². The number of hydrogen-bond acceptors (Lipinski definition) is 3. The van der Waals surface area contributed by atoms with Gasteiger partial charge in [-0.1, -0.05) is 42.5 Å². The average molecular weight is 272 g/mol.